The maximum atomic E-state index is 13.0. The van der Waals surface area contributed by atoms with Crippen LogP contribution in [0.15, 0.2) is 24.3 Å². The topological polar surface area (TPSA) is 58.1 Å². The van der Waals surface area contributed by atoms with Crippen LogP contribution in [0.2, 0.25) is 0 Å². The first kappa shape index (κ1) is 17.5. The predicted octanol–water partition coefficient (Wildman–Crippen LogP) is 4.08. The summed E-state index contributed by atoms with van der Waals surface area (Å²) >= 11 is 1.34. The molecule has 1 unspecified atom stereocenters. The summed E-state index contributed by atoms with van der Waals surface area (Å²) in [6.45, 7) is 1.89. The van der Waals surface area contributed by atoms with Crippen molar-refractivity contribution in [3.8, 4) is 0 Å². The minimum atomic E-state index is -0.330. The maximum Gasteiger partial charge on any atom is 0.286 e. The second-order valence-electron chi connectivity index (χ2n) is 7.19. The molecule has 1 N–H and O–H groups in total. The minimum Gasteiger partial charge on any atom is -0.320 e. The molecule has 0 radical (unpaired) electrons. The summed E-state index contributed by atoms with van der Waals surface area (Å²) in [7, 11) is 0. The zero-order valence-electron chi connectivity index (χ0n) is 14.7. The highest BCUT2D eigenvalue weighted by molar-refractivity contribution is 7.13. The van der Waals surface area contributed by atoms with Gasteiger partial charge in [-0.3, -0.25) is 9.69 Å². The van der Waals surface area contributed by atoms with E-state index < -0.39 is 0 Å². The summed E-state index contributed by atoms with van der Waals surface area (Å²) in [6.07, 6.45) is 7.95. The van der Waals surface area contributed by atoms with Crippen molar-refractivity contribution in [2.45, 2.75) is 51.1 Å². The van der Waals surface area contributed by atoms with Crippen molar-refractivity contribution in [3.63, 3.8) is 0 Å². The summed E-state index contributed by atoms with van der Waals surface area (Å²) in [5.74, 6) is 0.199. The van der Waals surface area contributed by atoms with E-state index in [2.05, 4.69) is 20.4 Å². The first-order valence-electron chi connectivity index (χ1n) is 9.32. The monoisotopic (exact) mass is 374 g/mol. The lowest BCUT2D eigenvalue weighted by atomic mass is 9.96. The second kappa shape index (κ2) is 7.80. The van der Waals surface area contributed by atoms with Crippen LogP contribution in [0.5, 0.6) is 0 Å². The van der Waals surface area contributed by atoms with Crippen molar-refractivity contribution in [1.82, 2.24) is 15.1 Å². The summed E-state index contributed by atoms with van der Waals surface area (Å²) in [5, 5.41) is 12.2. The van der Waals surface area contributed by atoms with Crippen LogP contribution in [0.4, 0.5) is 10.1 Å². The molecule has 2 aliphatic rings. The Balaban J connectivity index is 1.38. The molecule has 138 valence electrons. The number of aromatic nitrogens is 2. The van der Waals surface area contributed by atoms with E-state index in [1.54, 1.807) is 0 Å². The molecular weight excluding hydrogens is 351 g/mol. The van der Waals surface area contributed by atoms with Crippen LogP contribution < -0.4 is 5.32 Å². The van der Waals surface area contributed by atoms with Gasteiger partial charge >= 0.3 is 0 Å². The van der Waals surface area contributed by atoms with Crippen LogP contribution in [0.1, 0.15) is 53.3 Å². The zero-order chi connectivity index (χ0) is 17.9. The van der Waals surface area contributed by atoms with Crippen LogP contribution in [0, 0.1) is 11.7 Å². The van der Waals surface area contributed by atoms with E-state index in [1.807, 2.05) is 0 Å². The average Bonchev–Trinajstić information content (AvgIpc) is 3.38. The molecule has 4 rings (SSSR count). The first-order chi connectivity index (χ1) is 12.7. The summed E-state index contributed by atoms with van der Waals surface area (Å²) in [5.41, 5.74) is 0.550. The molecule has 1 aliphatic heterocycles. The Kier molecular flexibility index (Phi) is 5.26. The van der Waals surface area contributed by atoms with Crippen molar-refractivity contribution in [1.29, 1.82) is 0 Å². The number of rotatable bonds is 5. The maximum absolute atomic E-state index is 13.0. The lowest BCUT2D eigenvalue weighted by Crippen LogP contribution is -2.34. The smallest absolute Gasteiger partial charge is 0.286 e. The number of amides is 1. The Bertz CT molecular complexity index is 757. The van der Waals surface area contributed by atoms with Gasteiger partial charge in [-0.2, -0.15) is 0 Å². The van der Waals surface area contributed by atoms with Crippen molar-refractivity contribution >= 4 is 22.9 Å². The fourth-order valence-corrected chi connectivity index (χ4v) is 4.99. The average molecular weight is 374 g/mol. The molecule has 0 bridgehead atoms. The van der Waals surface area contributed by atoms with Gasteiger partial charge in [0.2, 0.25) is 5.01 Å². The molecule has 1 saturated heterocycles. The molecule has 1 aromatic heterocycles. The minimum absolute atomic E-state index is 0.297. The number of hydrogen-bond donors (Lipinski definition) is 1. The molecule has 1 aromatic carbocycles. The number of benzene rings is 1. The Morgan fingerprint density at radius 2 is 1.92 bits per heavy atom. The van der Waals surface area contributed by atoms with Gasteiger partial charge in [0.1, 0.15) is 10.8 Å². The number of nitrogens with zero attached hydrogens (tertiary/aromatic N) is 3. The number of halogens is 1. The van der Waals surface area contributed by atoms with Crippen LogP contribution in [0.25, 0.3) is 0 Å². The van der Waals surface area contributed by atoms with Gasteiger partial charge in [-0.1, -0.05) is 24.2 Å². The Morgan fingerprint density at radius 1 is 1.15 bits per heavy atom. The van der Waals surface area contributed by atoms with Gasteiger partial charge in [-0.15, -0.1) is 10.2 Å². The van der Waals surface area contributed by atoms with E-state index in [0.717, 1.165) is 24.0 Å². The van der Waals surface area contributed by atoms with E-state index in [0.29, 0.717) is 16.7 Å². The van der Waals surface area contributed by atoms with Gasteiger partial charge in [0.25, 0.3) is 5.91 Å². The number of carbonyl (C=O) groups is 1. The van der Waals surface area contributed by atoms with Crippen LogP contribution in [-0.2, 0) is 6.54 Å². The quantitative estimate of drug-likeness (QED) is 0.857. The van der Waals surface area contributed by atoms with Gasteiger partial charge in [0, 0.05) is 11.7 Å². The number of likely N-dealkylation sites (tertiary alicyclic amines) is 1. The molecule has 7 heteroatoms. The van der Waals surface area contributed by atoms with E-state index in [4.69, 9.17) is 0 Å². The Labute approximate surface area is 156 Å². The highest BCUT2D eigenvalue weighted by Gasteiger charge is 2.33. The number of anilines is 1. The molecular formula is C19H23FN4OS. The molecule has 26 heavy (non-hydrogen) atoms. The second-order valence-corrected chi connectivity index (χ2v) is 8.25. The molecule has 1 saturated carbocycles. The van der Waals surface area contributed by atoms with E-state index in [-0.39, 0.29) is 11.7 Å². The highest BCUT2D eigenvalue weighted by Crippen LogP contribution is 2.36. The largest absolute Gasteiger partial charge is 0.320 e. The number of nitrogens with one attached hydrogen (secondary N) is 1. The molecule has 2 aromatic rings. The first-order valence-corrected chi connectivity index (χ1v) is 10.1. The van der Waals surface area contributed by atoms with Gasteiger partial charge < -0.3 is 5.32 Å². The SMILES string of the molecule is O=C(Nc1ccc(F)cc1)c1nnc(CN2CCCC2C2CCCC2)s1. The van der Waals surface area contributed by atoms with Crippen molar-refractivity contribution in [2.24, 2.45) is 5.92 Å². The number of carbonyl (C=O) groups excluding carboxylic acids is 1. The summed E-state index contributed by atoms with van der Waals surface area (Å²) in [6, 6.07) is 6.37. The lowest BCUT2D eigenvalue weighted by Gasteiger charge is -2.28. The van der Waals surface area contributed by atoms with Gasteiger partial charge in [-0.25, -0.2) is 4.39 Å². The zero-order valence-corrected chi connectivity index (χ0v) is 15.5. The van der Waals surface area contributed by atoms with Crippen LogP contribution in [-0.4, -0.2) is 33.6 Å². The van der Waals surface area contributed by atoms with E-state index >= 15 is 0 Å². The fraction of sp³-hybridized carbons (Fsp3) is 0.526. The van der Waals surface area contributed by atoms with Gasteiger partial charge in [0.05, 0.1) is 6.54 Å². The standard InChI is InChI=1S/C19H23FN4OS/c20-14-7-9-15(10-8-14)21-18(25)19-23-22-17(26-19)12-24-11-3-6-16(24)13-4-1-2-5-13/h7-10,13,16H,1-6,11-12H2,(H,21,25). The summed E-state index contributed by atoms with van der Waals surface area (Å²) in [4.78, 5) is 14.8. The van der Waals surface area contributed by atoms with Crippen molar-refractivity contribution in [2.75, 3.05) is 11.9 Å². The third kappa shape index (κ3) is 3.94. The normalized spacial score (nSPS) is 21.3. The molecule has 2 heterocycles. The molecule has 0 spiro atoms. The Hall–Kier alpha value is -1.86. The number of hydrogen-bond acceptors (Lipinski definition) is 5. The summed E-state index contributed by atoms with van der Waals surface area (Å²) < 4.78 is 13.0. The van der Waals surface area contributed by atoms with Crippen LogP contribution >= 0.6 is 11.3 Å². The molecule has 1 amide bonds. The Morgan fingerprint density at radius 3 is 2.69 bits per heavy atom. The van der Waals surface area contributed by atoms with Gasteiger partial charge in [-0.05, 0) is 62.4 Å². The third-order valence-corrected chi connectivity index (χ3v) is 6.37. The van der Waals surface area contributed by atoms with E-state index in [1.165, 1.54) is 74.1 Å². The highest BCUT2D eigenvalue weighted by atomic mass is 32.1. The van der Waals surface area contributed by atoms with Crippen LogP contribution in [0.3, 0.4) is 0 Å². The molecule has 2 fully saturated rings. The van der Waals surface area contributed by atoms with Crippen molar-refractivity contribution < 1.29 is 9.18 Å². The van der Waals surface area contributed by atoms with Gasteiger partial charge in [0.15, 0.2) is 0 Å². The van der Waals surface area contributed by atoms with E-state index in [9.17, 15) is 9.18 Å². The molecule has 1 aliphatic carbocycles. The molecule has 5 nitrogen and oxygen atoms in total. The molecule has 1 atom stereocenters. The fourth-order valence-electron chi connectivity index (χ4n) is 4.23. The lowest BCUT2D eigenvalue weighted by molar-refractivity contribution is 0.102. The predicted molar refractivity (Wildman–Crippen MR) is 99.7 cm³/mol. The van der Waals surface area contributed by atoms with Crippen molar-refractivity contribution in [3.05, 3.63) is 40.1 Å². The third-order valence-electron chi connectivity index (χ3n) is 5.46.